The van der Waals surface area contributed by atoms with Crippen molar-refractivity contribution >= 4 is 5.78 Å². The third-order valence-corrected chi connectivity index (χ3v) is 2.83. The zero-order valence-electron chi connectivity index (χ0n) is 10.2. The second kappa shape index (κ2) is 5.54. The Bertz CT molecular complexity index is 549. The van der Waals surface area contributed by atoms with Crippen molar-refractivity contribution in [3.63, 3.8) is 0 Å². The molecule has 0 fully saturated rings. The topological polar surface area (TPSA) is 30.0 Å². The first kappa shape index (κ1) is 12.4. The fraction of sp³-hybridized carbons (Fsp3) is 0.200. The van der Waals surface area contributed by atoms with E-state index >= 15 is 0 Å². The summed E-state index contributed by atoms with van der Waals surface area (Å²) < 4.78 is 13.3. The number of pyridine rings is 1. The molecule has 0 amide bonds. The Hall–Kier alpha value is -2.03. The number of Topliss-reactive ketones (excluding diaryl/α,β-unsaturated/α-hetero) is 1. The molecule has 0 spiro atoms. The van der Waals surface area contributed by atoms with Crippen molar-refractivity contribution in [1.82, 2.24) is 4.98 Å². The lowest BCUT2D eigenvalue weighted by molar-refractivity contribution is 0.0979. The van der Waals surface area contributed by atoms with E-state index in [0.29, 0.717) is 12.8 Å². The third kappa shape index (κ3) is 3.00. The van der Waals surface area contributed by atoms with Gasteiger partial charge in [0, 0.05) is 12.6 Å². The van der Waals surface area contributed by atoms with E-state index in [1.54, 1.807) is 0 Å². The number of rotatable bonds is 4. The van der Waals surface area contributed by atoms with Gasteiger partial charge in [-0.2, -0.15) is 0 Å². The maximum atomic E-state index is 13.3. The van der Waals surface area contributed by atoms with Gasteiger partial charge in [0.05, 0.1) is 11.8 Å². The Kier molecular flexibility index (Phi) is 3.82. The Balaban J connectivity index is 2.01. The molecule has 1 aromatic heterocycles. The van der Waals surface area contributed by atoms with Gasteiger partial charge in [-0.1, -0.05) is 29.8 Å². The molecule has 0 saturated carbocycles. The van der Waals surface area contributed by atoms with Crippen molar-refractivity contribution in [2.24, 2.45) is 0 Å². The maximum absolute atomic E-state index is 13.3. The number of carbonyl (C=O) groups excluding carboxylic acids is 1. The van der Waals surface area contributed by atoms with E-state index in [-0.39, 0.29) is 11.3 Å². The summed E-state index contributed by atoms with van der Waals surface area (Å²) in [5.41, 5.74) is 2.39. The predicted molar refractivity (Wildman–Crippen MR) is 68.0 cm³/mol. The van der Waals surface area contributed by atoms with Crippen LogP contribution in [0.5, 0.6) is 0 Å². The number of halogens is 1. The molecule has 1 heterocycles. The van der Waals surface area contributed by atoms with Crippen molar-refractivity contribution in [3.8, 4) is 0 Å². The minimum atomic E-state index is -0.550. The number of hydrogen-bond acceptors (Lipinski definition) is 2. The van der Waals surface area contributed by atoms with Gasteiger partial charge in [0.15, 0.2) is 11.6 Å². The molecule has 92 valence electrons. The zero-order valence-corrected chi connectivity index (χ0v) is 10.2. The van der Waals surface area contributed by atoms with E-state index in [4.69, 9.17) is 0 Å². The number of aromatic nitrogens is 1. The van der Waals surface area contributed by atoms with E-state index in [2.05, 4.69) is 4.98 Å². The molecule has 0 N–H and O–H groups in total. The minimum Gasteiger partial charge on any atom is -0.294 e. The average Bonchev–Trinajstić information content (AvgIpc) is 2.38. The van der Waals surface area contributed by atoms with E-state index in [9.17, 15) is 9.18 Å². The largest absolute Gasteiger partial charge is 0.294 e. The summed E-state index contributed by atoms with van der Waals surface area (Å²) in [5.74, 6) is -0.734. The normalized spacial score (nSPS) is 10.3. The van der Waals surface area contributed by atoms with Crippen LogP contribution >= 0.6 is 0 Å². The monoisotopic (exact) mass is 243 g/mol. The quantitative estimate of drug-likeness (QED) is 0.771. The summed E-state index contributed by atoms with van der Waals surface area (Å²) in [6, 6.07) is 9.42. The molecular formula is C15H14FNO. The van der Waals surface area contributed by atoms with Gasteiger partial charge in [-0.3, -0.25) is 9.78 Å². The molecule has 3 heteroatoms. The molecule has 0 aliphatic rings. The van der Waals surface area contributed by atoms with Crippen LogP contribution in [0.2, 0.25) is 0 Å². The Morgan fingerprint density at radius 3 is 2.61 bits per heavy atom. The second-order valence-electron chi connectivity index (χ2n) is 4.26. The van der Waals surface area contributed by atoms with Gasteiger partial charge in [-0.15, -0.1) is 0 Å². The number of benzene rings is 1. The highest BCUT2D eigenvalue weighted by molar-refractivity contribution is 5.96. The number of ketones is 1. The number of carbonyl (C=O) groups is 1. The molecule has 1 aromatic carbocycles. The minimum absolute atomic E-state index is 0.122. The molecule has 0 radical (unpaired) electrons. The van der Waals surface area contributed by atoms with Gasteiger partial charge < -0.3 is 0 Å². The van der Waals surface area contributed by atoms with Crippen LogP contribution in [0.1, 0.15) is 27.9 Å². The van der Waals surface area contributed by atoms with Crippen LogP contribution < -0.4 is 0 Å². The van der Waals surface area contributed by atoms with Crippen molar-refractivity contribution in [2.45, 2.75) is 19.8 Å². The number of aryl methyl sites for hydroxylation is 2. The molecular weight excluding hydrogens is 229 g/mol. The van der Waals surface area contributed by atoms with Gasteiger partial charge in [0.2, 0.25) is 0 Å². The maximum Gasteiger partial charge on any atom is 0.166 e. The Labute approximate surface area is 105 Å². The lowest BCUT2D eigenvalue weighted by Crippen LogP contribution is -2.04. The summed E-state index contributed by atoms with van der Waals surface area (Å²) in [5, 5.41) is 0. The van der Waals surface area contributed by atoms with Crippen molar-refractivity contribution in [1.29, 1.82) is 0 Å². The molecule has 0 aliphatic heterocycles. The fourth-order valence-electron chi connectivity index (χ4n) is 1.75. The van der Waals surface area contributed by atoms with Gasteiger partial charge in [0.1, 0.15) is 0 Å². The van der Waals surface area contributed by atoms with Crippen LogP contribution in [-0.4, -0.2) is 10.8 Å². The van der Waals surface area contributed by atoms with Gasteiger partial charge in [-0.05, 0) is 25.0 Å². The van der Waals surface area contributed by atoms with Crippen LogP contribution in [0.3, 0.4) is 0 Å². The highest BCUT2D eigenvalue weighted by Crippen LogP contribution is 2.11. The molecule has 2 nitrogen and oxygen atoms in total. The lowest BCUT2D eigenvalue weighted by atomic mass is 10.0. The first-order valence-corrected chi connectivity index (χ1v) is 5.85. The molecule has 0 atom stereocenters. The highest BCUT2D eigenvalue weighted by atomic mass is 19.1. The zero-order chi connectivity index (χ0) is 13.0. The van der Waals surface area contributed by atoms with Crippen molar-refractivity contribution in [3.05, 3.63) is 65.2 Å². The molecule has 2 rings (SSSR count). The molecule has 18 heavy (non-hydrogen) atoms. The van der Waals surface area contributed by atoms with Crippen molar-refractivity contribution in [2.75, 3.05) is 0 Å². The molecule has 0 bridgehead atoms. The van der Waals surface area contributed by atoms with Crippen LogP contribution in [0.25, 0.3) is 0 Å². The van der Waals surface area contributed by atoms with E-state index in [1.807, 2.05) is 31.2 Å². The molecule has 0 aliphatic carbocycles. The van der Waals surface area contributed by atoms with Crippen LogP contribution in [-0.2, 0) is 6.42 Å². The molecule has 2 aromatic rings. The third-order valence-electron chi connectivity index (χ3n) is 2.83. The standard InChI is InChI=1S/C15H14FNO/c1-11-2-4-12(5-3-11)6-7-15(18)13-8-9-17-10-14(13)16/h2-5,8-10H,6-7H2,1H3. The van der Waals surface area contributed by atoms with E-state index in [0.717, 1.165) is 11.8 Å². The Morgan fingerprint density at radius 2 is 1.94 bits per heavy atom. The number of hydrogen-bond donors (Lipinski definition) is 0. The smallest absolute Gasteiger partial charge is 0.166 e. The molecule has 0 saturated heterocycles. The lowest BCUT2D eigenvalue weighted by Gasteiger charge is -2.03. The van der Waals surface area contributed by atoms with Crippen LogP contribution in [0.15, 0.2) is 42.7 Å². The van der Waals surface area contributed by atoms with Crippen LogP contribution in [0, 0.1) is 12.7 Å². The summed E-state index contributed by atoms with van der Waals surface area (Å²) in [7, 11) is 0. The second-order valence-corrected chi connectivity index (χ2v) is 4.26. The van der Waals surface area contributed by atoms with Gasteiger partial charge in [0.25, 0.3) is 0 Å². The van der Waals surface area contributed by atoms with E-state index < -0.39 is 5.82 Å². The summed E-state index contributed by atoms with van der Waals surface area (Å²) in [6.07, 6.45) is 3.44. The SMILES string of the molecule is Cc1ccc(CCC(=O)c2ccncc2F)cc1. The highest BCUT2D eigenvalue weighted by Gasteiger charge is 2.11. The summed E-state index contributed by atoms with van der Waals surface area (Å²) in [4.78, 5) is 15.5. The fourth-order valence-corrected chi connectivity index (χ4v) is 1.75. The van der Waals surface area contributed by atoms with Gasteiger partial charge >= 0.3 is 0 Å². The Morgan fingerprint density at radius 1 is 1.22 bits per heavy atom. The average molecular weight is 243 g/mol. The first-order valence-electron chi connectivity index (χ1n) is 5.85. The number of nitrogens with zero attached hydrogens (tertiary/aromatic N) is 1. The first-order chi connectivity index (χ1) is 8.66. The summed E-state index contributed by atoms with van der Waals surface area (Å²) in [6.45, 7) is 2.02. The van der Waals surface area contributed by atoms with Crippen molar-refractivity contribution < 1.29 is 9.18 Å². The van der Waals surface area contributed by atoms with Gasteiger partial charge in [-0.25, -0.2) is 4.39 Å². The van der Waals surface area contributed by atoms with E-state index in [1.165, 1.54) is 17.8 Å². The predicted octanol–water partition coefficient (Wildman–Crippen LogP) is 3.34. The molecule has 0 unspecified atom stereocenters. The van der Waals surface area contributed by atoms with Crippen LogP contribution in [0.4, 0.5) is 4.39 Å². The summed E-state index contributed by atoms with van der Waals surface area (Å²) >= 11 is 0.